The average molecular weight is 346 g/mol. The van der Waals surface area contributed by atoms with Gasteiger partial charge in [0.05, 0.1) is 12.1 Å². The van der Waals surface area contributed by atoms with Gasteiger partial charge in [-0.05, 0) is 50.9 Å². The van der Waals surface area contributed by atoms with Crippen molar-refractivity contribution in [2.24, 2.45) is 5.92 Å². The Morgan fingerprint density at radius 3 is 2.92 bits per heavy atom. The van der Waals surface area contributed by atoms with Crippen molar-refractivity contribution in [1.29, 1.82) is 0 Å². The van der Waals surface area contributed by atoms with Crippen molar-refractivity contribution in [3.63, 3.8) is 0 Å². The van der Waals surface area contributed by atoms with Crippen molar-refractivity contribution in [3.8, 4) is 11.4 Å². The summed E-state index contributed by atoms with van der Waals surface area (Å²) in [5, 5.41) is 19.6. The summed E-state index contributed by atoms with van der Waals surface area (Å²) >= 11 is 5.27. The zero-order valence-electron chi connectivity index (χ0n) is 13.9. The molecule has 128 valence electrons. The first-order chi connectivity index (χ1) is 11.4. The quantitative estimate of drug-likeness (QED) is 0.700. The van der Waals surface area contributed by atoms with E-state index in [-0.39, 0.29) is 19.1 Å². The first kappa shape index (κ1) is 16.9. The molecule has 24 heavy (non-hydrogen) atoms. The van der Waals surface area contributed by atoms with E-state index in [4.69, 9.17) is 12.2 Å². The Hall–Kier alpha value is -1.99. The molecule has 1 aliphatic rings. The molecule has 3 rings (SSSR count). The number of benzene rings is 1. The van der Waals surface area contributed by atoms with E-state index < -0.39 is 5.54 Å². The lowest BCUT2D eigenvalue weighted by atomic mass is 9.97. The second kappa shape index (κ2) is 6.49. The van der Waals surface area contributed by atoms with Gasteiger partial charge < -0.3 is 10.4 Å². The highest BCUT2D eigenvalue weighted by Gasteiger charge is 2.42. The van der Waals surface area contributed by atoms with Crippen LogP contribution in [0.1, 0.15) is 25.3 Å². The molecule has 0 saturated heterocycles. The van der Waals surface area contributed by atoms with E-state index in [0.29, 0.717) is 16.5 Å². The first-order valence-electron chi connectivity index (χ1n) is 8.07. The molecule has 6 nitrogen and oxygen atoms in total. The van der Waals surface area contributed by atoms with E-state index in [1.165, 1.54) is 0 Å². The van der Waals surface area contributed by atoms with Crippen LogP contribution in [0.4, 0.5) is 0 Å². The highest BCUT2D eigenvalue weighted by Crippen LogP contribution is 2.39. The molecule has 1 aliphatic carbocycles. The number of nitrogens with one attached hydrogen (secondary N) is 2. The minimum absolute atomic E-state index is 0.0646. The van der Waals surface area contributed by atoms with Crippen LogP contribution in [-0.4, -0.2) is 37.9 Å². The van der Waals surface area contributed by atoms with E-state index in [2.05, 4.69) is 15.5 Å². The Labute approximate surface area is 145 Å². The first-order valence-corrected chi connectivity index (χ1v) is 8.48. The Morgan fingerprint density at radius 1 is 1.54 bits per heavy atom. The van der Waals surface area contributed by atoms with Crippen molar-refractivity contribution in [1.82, 2.24) is 20.1 Å². The number of hydrogen-bond acceptors (Lipinski definition) is 4. The van der Waals surface area contributed by atoms with Crippen LogP contribution in [0.15, 0.2) is 24.3 Å². The molecule has 3 N–H and O–H groups in total. The Bertz CT molecular complexity index is 809. The largest absolute Gasteiger partial charge is 0.394 e. The third-order valence-corrected chi connectivity index (χ3v) is 4.88. The molecule has 1 fully saturated rings. The predicted molar refractivity (Wildman–Crippen MR) is 93.9 cm³/mol. The number of aliphatic hydroxyl groups excluding tert-OH is 1. The predicted octanol–water partition coefficient (Wildman–Crippen LogP) is 2.19. The molecule has 2 aromatic rings. The SMILES string of the molecule is Cc1cccc(-c2n[nH]c(=S)n2CC(=O)N[C@@](C)(CO)C2CC2)c1. The number of H-pyrrole nitrogens is 1. The number of aromatic amines is 1. The molecule has 0 spiro atoms. The summed E-state index contributed by atoms with van der Waals surface area (Å²) in [6.07, 6.45) is 2.08. The van der Waals surface area contributed by atoms with Crippen molar-refractivity contribution in [2.75, 3.05) is 6.61 Å². The van der Waals surface area contributed by atoms with E-state index in [1.807, 2.05) is 38.1 Å². The number of aliphatic hydroxyl groups is 1. The molecule has 1 heterocycles. The number of hydrogen-bond donors (Lipinski definition) is 3. The van der Waals surface area contributed by atoms with Crippen LogP contribution < -0.4 is 5.32 Å². The van der Waals surface area contributed by atoms with Gasteiger partial charge in [-0.2, -0.15) is 5.10 Å². The normalized spacial score (nSPS) is 16.6. The van der Waals surface area contributed by atoms with Crippen LogP contribution in [0.2, 0.25) is 0 Å². The van der Waals surface area contributed by atoms with Gasteiger partial charge >= 0.3 is 0 Å². The van der Waals surface area contributed by atoms with Crippen molar-refractivity contribution < 1.29 is 9.90 Å². The number of carbonyl (C=O) groups is 1. The Morgan fingerprint density at radius 2 is 2.29 bits per heavy atom. The summed E-state index contributed by atoms with van der Waals surface area (Å²) in [7, 11) is 0. The molecule has 0 radical (unpaired) electrons. The number of carbonyl (C=O) groups excluding carboxylic acids is 1. The Balaban J connectivity index is 1.81. The molecule has 0 bridgehead atoms. The van der Waals surface area contributed by atoms with E-state index in [9.17, 15) is 9.90 Å². The molecule has 1 amide bonds. The monoisotopic (exact) mass is 346 g/mol. The molecule has 1 aromatic carbocycles. The van der Waals surface area contributed by atoms with Gasteiger partial charge in [0.1, 0.15) is 6.54 Å². The third-order valence-electron chi connectivity index (χ3n) is 4.57. The molecule has 1 atom stereocenters. The second-order valence-corrected chi connectivity index (χ2v) is 7.09. The highest BCUT2D eigenvalue weighted by atomic mass is 32.1. The zero-order chi connectivity index (χ0) is 17.3. The van der Waals surface area contributed by atoms with Crippen LogP contribution in [0.25, 0.3) is 11.4 Å². The van der Waals surface area contributed by atoms with E-state index in [0.717, 1.165) is 24.0 Å². The number of aromatic nitrogens is 3. The molecular formula is C17H22N4O2S. The fourth-order valence-electron chi connectivity index (χ4n) is 2.96. The molecular weight excluding hydrogens is 324 g/mol. The van der Waals surface area contributed by atoms with Gasteiger partial charge in [0.25, 0.3) is 0 Å². The topological polar surface area (TPSA) is 82.9 Å². The lowest BCUT2D eigenvalue weighted by Crippen LogP contribution is -2.51. The smallest absolute Gasteiger partial charge is 0.240 e. The third kappa shape index (κ3) is 3.42. The van der Waals surface area contributed by atoms with Gasteiger partial charge in [-0.3, -0.25) is 14.5 Å². The Kier molecular flexibility index (Phi) is 4.56. The number of rotatable bonds is 6. The minimum atomic E-state index is -0.563. The summed E-state index contributed by atoms with van der Waals surface area (Å²) in [4.78, 5) is 12.5. The van der Waals surface area contributed by atoms with Crippen LogP contribution >= 0.6 is 12.2 Å². The minimum Gasteiger partial charge on any atom is -0.394 e. The molecule has 0 aliphatic heterocycles. The van der Waals surface area contributed by atoms with Gasteiger partial charge in [0, 0.05) is 5.56 Å². The van der Waals surface area contributed by atoms with Crippen molar-refractivity contribution >= 4 is 18.1 Å². The number of nitrogens with zero attached hydrogens (tertiary/aromatic N) is 2. The fraction of sp³-hybridized carbons (Fsp3) is 0.471. The van der Waals surface area contributed by atoms with Gasteiger partial charge in [-0.15, -0.1) is 0 Å². The van der Waals surface area contributed by atoms with Crippen molar-refractivity contribution in [2.45, 2.75) is 38.8 Å². The summed E-state index contributed by atoms with van der Waals surface area (Å²) in [6, 6.07) is 7.89. The van der Waals surface area contributed by atoms with Crippen LogP contribution in [0.3, 0.4) is 0 Å². The number of aryl methyl sites for hydroxylation is 1. The summed E-state index contributed by atoms with van der Waals surface area (Å²) in [5.74, 6) is 0.806. The lowest BCUT2D eigenvalue weighted by Gasteiger charge is -2.28. The lowest BCUT2D eigenvalue weighted by molar-refractivity contribution is -0.124. The average Bonchev–Trinajstić information content (AvgIpc) is 3.34. The molecule has 1 aromatic heterocycles. The standard InChI is InChI=1S/C17H22N4O2S/c1-11-4-3-5-12(8-11)15-19-20-16(24)21(15)9-14(23)18-17(2,10-22)13-6-7-13/h3-5,8,13,22H,6-7,9-10H2,1-2H3,(H,18,23)(H,20,24)/t17-/m0/s1. The maximum atomic E-state index is 12.5. The van der Waals surface area contributed by atoms with E-state index >= 15 is 0 Å². The zero-order valence-corrected chi connectivity index (χ0v) is 14.7. The van der Waals surface area contributed by atoms with Crippen LogP contribution in [-0.2, 0) is 11.3 Å². The summed E-state index contributed by atoms with van der Waals surface area (Å²) in [6.45, 7) is 3.90. The van der Waals surface area contributed by atoms with Gasteiger partial charge in [-0.1, -0.05) is 23.8 Å². The summed E-state index contributed by atoms with van der Waals surface area (Å²) < 4.78 is 2.09. The molecule has 1 saturated carbocycles. The second-order valence-electron chi connectivity index (χ2n) is 6.71. The highest BCUT2D eigenvalue weighted by molar-refractivity contribution is 7.71. The number of amides is 1. The molecule has 0 unspecified atom stereocenters. The van der Waals surface area contributed by atoms with Crippen molar-refractivity contribution in [3.05, 3.63) is 34.6 Å². The summed E-state index contributed by atoms with van der Waals surface area (Å²) in [5.41, 5.74) is 1.45. The van der Waals surface area contributed by atoms with Gasteiger partial charge in [0.15, 0.2) is 10.6 Å². The van der Waals surface area contributed by atoms with Crippen LogP contribution in [0.5, 0.6) is 0 Å². The fourth-order valence-corrected chi connectivity index (χ4v) is 3.16. The molecule has 7 heteroatoms. The van der Waals surface area contributed by atoms with Gasteiger partial charge in [-0.25, -0.2) is 0 Å². The van der Waals surface area contributed by atoms with E-state index in [1.54, 1.807) is 4.57 Å². The van der Waals surface area contributed by atoms with Gasteiger partial charge in [0.2, 0.25) is 5.91 Å². The van der Waals surface area contributed by atoms with Crippen LogP contribution in [0, 0.1) is 17.6 Å². The maximum Gasteiger partial charge on any atom is 0.240 e. The maximum absolute atomic E-state index is 12.5.